The summed E-state index contributed by atoms with van der Waals surface area (Å²) in [4.78, 5) is 44.0. The third-order valence-electron chi connectivity index (χ3n) is 7.12. The smallest absolute Gasteiger partial charge is 0.322 e. The molecule has 0 unspecified atom stereocenters. The first-order valence-corrected chi connectivity index (χ1v) is 13.6. The molecule has 0 saturated heterocycles. The highest BCUT2D eigenvalue weighted by atomic mass is 16.5. The molecule has 8 heteroatoms. The minimum Gasteiger partial charge on any atom is -0.457 e. The molecule has 0 bridgehead atoms. The molecule has 2 aliphatic rings. The van der Waals surface area contributed by atoms with Crippen LogP contribution in [0.15, 0.2) is 96.2 Å². The fourth-order valence-corrected chi connectivity index (χ4v) is 5.29. The Bertz CT molecular complexity index is 1420. The van der Waals surface area contributed by atoms with Gasteiger partial charge in [-0.05, 0) is 56.2 Å². The Kier molecular flexibility index (Phi) is 7.86. The highest BCUT2D eigenvalue weighted by Crippen LogP contribution is 2.38. The Balaban J connectivity index is 1.49. The molecule has 0 spiro atoms. The van der Waals surface area contributed by atoms with Crippen molar-refractivity contribution in [2.24, 2.45) is 0 Å². The Morgan fingerprint density at radius 1 is 0.975 bits per heavy atom. The van der Waals surface area contributed by atoms with Gasteiger partial charge >= 0.3 is 6.03 Å². The van der Waals surface area contributed by atoms with Gasteiger partial charge in [0.1, 0.15) is 17.5 Å². The summed E-state index contributed by atoms with van der Waals surface area (Å²) in [5.74, 6) is 0.808. The van der Waals surface area contributed by atoms with Gasteiger partial charge in [-0.3, -0.25) is 14.5 Å². The van der Waals surface area contributed by atoms with Crippen molar-refractivity contribution in [3.05, 3.63) is 107 Å². The molecule has 40 heavy (non-hydrogen) atoms. The number of rotatable bonds is 9. The highest BCUT2D eigenvalue weighted by Gasteiger charge is 2.46. The monoisotopic (exact) mass is 538 g/mol. The van der Waals surface area contributed by atoms with Gasteiger partial charge in [0.05, 0.1) is 23.9 Å². The number of carbonyl (C=O) groups excluding carboxylic acids is 3. The summed E-state index contributed by atoms with van der Waals surface area (Å²) < 4.78 is 6.02. The quantitative estimate of drug-likeness (QED) is 0.410. The van der Waals surface area contributed by atoms with Crippen molar-refractivity contribution in [3.63, 3.8) is 0 Å². The minimum absolute atomic E-state index is 0.0819. The maximum atomic E-state index is 14.2. The molecule has 8 nitrogen and oxygen atoms in total. The number of nitrogens with zero attached hydrogens (tertiary/aromatic N) is 2. The maximum Gasteiger partial charge on any atom is 0.322 e. The molecule has 3 aromatic rings. The summed E-state index contributed by atoms with van der Waals surface area (Å²) in [7, 11) is 0. The Labute approximate surface area is 234 Å². The highest BCUT2D eigenvalue weighted by molar-refractivity contribution is 6.03. The predicted molar refractivity (Wildman–Crippen MR) is 153 cm³/mol. The van der Waals surface area contributed by atoms with Crippen LogP contribution in [-0.2, 0) is 16.0 Å². The molecular weight excluding hydrogens is 504 g/mol. The van der Waals surface area contributed by atoms with Crippen LogP contribution in [-0.4, -0.2) is 52.8 Å². The largest absolute Gasteiger partial charge is 0.457 e. The molecule has 0 saturated carbocycles. The normalized spacial score (nSPS) is 17.6. The summed E-state index contributed by atoms with van der Waals surface area (Å²) in [6, 6.07) is 24.7. The topological polar surface area (TPSA) is 91.0 Å². The Morgan fingerprint density at radius 2 is 1.65 bits per heavy atom. The second-order valence-electron chi connectivity index (χ2n) is 10.3. The number of para-hydroxylation sites is 1. The number of ether oxygens (including phenoxy) is 1. The first kappa shape index (κ1) is 27.0. The van der Waals surface area contributed by atoms with E-state index in [0.29, 0.717) is 35.7 Å². The first-order valence-electron chi connectivity index (χ1n) is 13.6. The lowest BCUT2D eigenvalue weighted by Gasteiger charge is -2.33. The van der Waals surface area contributed by atoms with Gasteiger partial charge < -0.3 is 20.3 Å². The fraction of sp³-hybridized carbons (Fsp3) is 0.281. The molecule has 206 valence electrons. The summed E-state index contributed by atoms with van der Waals surface area (Å²) in [5, 5.41) is 6.01. The molecule has 2 heterocycles. The van der Waals surface area contributed by atoms with E-state index < -0.39 is 12.1 Å². The molecular formula is C32H34N4O4. The van der Waals surface area contributed by atoms with E-state index in [1.54, 1.807) is 9.80 Å². The minimum atomic E-state index is -0.731. The van der Waals surface area contributed by atoms with Gasteiger partial charge in [-0.1, -0.05) is 60.7 Å². The standard InChI is InChI=1S/C32H34N4O4/c1-4-35-27-20-36(26(30(37)33-21(2)3)18-22-12-7-5-8-13-22)31(38)28(27)29(34-32(35)39)23-14-11-17-25(19-23)40-24-15-9-6-10-16-24/h5-17,19,21,26,29H,4,18,20H2,1-3H3,(H,33,37)(H,34,39)/t26-,29-/m0/s1. The van der Waals surface area contributed by atoms with Crippen molar-refractivity contribution in [2.45, 2.75) is 45.3 Å². The third kappa shape index (κ3) is 5.57. The fourth-order valence-electron chi connectivity index (χ4n) is 5.29. The average molecular weight is 539 g/mol. The van der Waals surface area contributed by atoms with Crippen LogP contribution in [0.5, 0.6) is 11.5 Å². The van der Waals surface area contributed by atoms with Gasteiger partial charge in [0.15, 0.2) is 0 Å². The number of urea groups is 1. The molecule has 2 aliphatic heterocycles. The Hall–Kier alpha value is -4.59. The molecule has 0 aliphatic carbocycles. The third-order valence-corrected chi connectivity index (χ3v) is 7.12. The van der Waals surface area contributed by atoms with Crippen molar-refractivity contribution in [1.29, 1.82) is 0 Å². The molecule has 2 atom stereocenters. The van der Waals surface area contributed by atoms with Gasteiger partial charge in [-0.15, -0.1) is 0 Å². The van der Waals surface area contributed by atoms with Crippen molar-refractivity contribution in [2.75, 3.05) is 13.1 Å². The molecule has 4 amide bonds. The zero-order valence-corrected chi connectivity index (χ0v) is 23.0. The van der Waals surface area contributed by atoms with Crippen LogP contribution in [0.3, 0.4) is 0 Å². The Morgan fingerprint density at radius 3 is 2.33 bits per heavy atom. The average Bonchev–Trinajstić information content (AvgIpc) is 3.28. The van der Waals surface area contributed by atoms with E-state index in [1.807, 2.05) is 106 Å². The van der Waals surface area contributed by atoms with Gasteiger partial charge in [-0.2, -0.15) is 0 Å². The second-order valence-corrected chi connectivity index (χ2v) is 10.3. The van der Waals surface area contributed by atoms with E-state index in [9.17, 15) is 14.4 Å². The molecule has 0 aromatic heterocycles. The van der Waals surface area contributed by atoms with Crippen molar-refractivity contribution in [1.82, 2.24) is 20.4 Å². The molecule has 3 aromatic carbocycles. The molecule has 0 fully saturated rings. The zero-order valence-electron chi connectivity index (χ0n) is 23.0. The van der Waals surface area contributed by atoms with E-state index in [2.05, 4.69) is 10.6 Å². The predicted octanol–water partition coefficient (Wildman–Crippen LogP) is 4.80. The number of benzene rings is 3. The van der Waals surface area contributed by atoms with Crippen LogP contribution in [0.4, 0.5) is 4.79 Å². The number of amides is 4. The van der Waals surface area contributed by atoms with Crippen LogP contribution in [0.2, 0.25) is 0 Å². The van der Waals surface area contributed by atoms with Crippen LogP contribution in [0.1, 0.15) is 37.9 Å². The molecule has 5 rings (SSSR count). The SMILES string of the molecule is CCN1C(=O)N[C@@H](c2cccc(Oc3ccccc3)c2)C2=C1CN([C@@H](Cc1ccccc1)C(=O)NC(C)C)C2=O. The van der Waals surface area contributed by atoms with E-state index in [1.165, 1.54) is 0 Å². The van der Waals surface area contributed by atoms with Crippen molar-refractivity contribution < 1.29 is 19.1 Å². The lowest BCUT2D eigenvalue weighted by molar-refractivity contribution is -0.136. The molecule has 0 radical (unpaired) electrons. The van der Waals surface area contributed by atoms with Crippen LogP contribution >= 0.6 is 0 Å². The lowest BCUT2D eigenvalue weighted by atomic mass is 9.95. The van der Waals surface area contributed by atoms with E-state index in [0.717, 1.165) is 11.1 Å². The van der Waals surface area contributed by atoms with Crippen LogP contribution in [0, 0.1) is 0 Å². The van der Waals surface area contributed by atoms with Gasteiger partial charge in [-0.25, -0.2) is 4.79 Å². The van der Waals surface area contributed by atoms with Crippen molar-refractivity contribution >= 4 is 17.8 Å². The van der Waals surface area contributed by atoms with Gasteiger partial charge in [0, 0.05) is 19.0 Å². The van der Waals surface area contributed by atoms with Gasteiger partial charge in [0.2, 0.25) is 5.91 Å². The van der Waals surface area contributed by atoms with Crippen LogP contribution in [0.25, 0.3) is 0 Å². The summed E-state index contributed by atoms with van der Waals surface area (Å²) in [6.07, 6.45) is 0.365. The van der Waals surface area contributed by atoms with Crippen LogP contribution < -0.4 is 15.4 Å². The van der Waals surface area contributed by atoms with E-state index in [-0.39, 0.29) is 30.4 Å². The van der Waals surface area contributed by atoms with Gasteiger partial charge in [0.25, 0.3) is 5.91 Å². The number of hydrogen-bond acceptors (Lipinski definition) is 4. The number of likely N-dealkylation sites (N-methyl/N-ethyl adjacent to an activating group) is 1. The zero-order chi connectivity index (χ0) is 28.2. The second kappa shape index (κ2) is 11.7. The summed E-state index contributed by atoms with van der Waals surface area (Å²) in [5.41, 5.74) is 2.79. The summed E-state index contributed by atoms with van der Waals surface area (Å²) in [6.45, 7) is 6.24. The summed E-state index contributed by atoms with van der Waals surface area (Å²) >= 11 is 0. The molecule has 2 N–H and O–H groups in total. The lowest BCUT2D eigenvalue weighted by Crippen LogP contribution is -2.51. The van der Waals surface area contributed by atoms with Crippen molar-refractivity contribution in [3.8, 4) is 11.5 Å². The first-order chi connectivity index (χ1) is 19.4. The maximum absolute atomic E-state index is 14.2. The number of carbonyl (C=O) groups is 3. The van der Waals surface area contributed by atoms with E-state index in [4.69, 9.17) is 4.74 Å². The number of nitrogens with one attached hydrogen (secondary N) is 2. The van der Waals surface area contributed by atoms with E-state index >= 15 is 0 Å². The number of hydrogen-bond donors (Lipinski definition) is 2.